The van der Waals surface area contributed by atoms with E-state index < -0.39 is 12.2 Å². The number of hydrogen-bond donors (Lipinski definition) is 0. The standard InChI is InChI=1S/C46H40O6/c1-2-25-47-45-29-40-42(50-32-36-19-11-5-12-20-36)27-39(48-30-34-15-7-3-8-16-34)28-43(40)52-46(45)38-23-24-41(49-31-35-17-9-4-10-18-35)44(26-38)51-33-37-21-13-6-14-22-37/h1,3-24,26-28,45-46H,25,29-33H2/t45-,46-/m1/s1. The predicted octanol–water partition coefficient (Wildman–Crippen LogP) is 9.70. The first-order valence-corrected chi connectivity index (χ1v) is 17.4. The lowest BCUT2D eigenvalue weighted by Gasteiger charge is -2.35. The van der Waals surface area contributed by atoms with Crippen molar-refractivity contribution in [2.75, 3.05) is 6.61 Å². The molecule has 0 amide bonds. The Morgan fingerprint density at radius 1 is 0.538 bits per heavy atom. The fourth-order valence-corrected chi connectivity index (χ4v) is 6.10. The highest BCUT2D eigenvalue weighted by molar-refractivity contribution is 5.53. The summed E-state index contributed by atoms with van der Waals surface area (Å²) < 4.78 is 38.6. The maximum Gasteiger partial charge on any atom is 0.162 e. The smallest absolute Gasteiger partial charge is 0.162 e. The molecule has 0 saturated heterocycles. The van der Waals surface area contributed by atoms with Crippen molar-refractivity contribution in [1.82, 2.24) is 0 Å². The van der Waals surface area contributed by atoms with Crippen molar-refractivity contribution in [2.45, 2.75) is 45.1 Å². The van der Waals surface area contributed by atoms with Gasteiger partial charge in [0.1, 0.15) is 56.4 Å². The van der Waals surface area contributed by atoms with E-state index in [1.807, 2.05) is 152 Å². The number of terminal acetylenes is 1. The topological polar surface area (TPSA) is 55.4 Å². The van der Waals surface area contributed by atoms with Crippen LogP contribution in [-0.2, 0) is 37.6 Å². The van der Waals surface area contributed by atoms with Gasteiger partial charge in [0.2, 0.25) is 0 Å². The first kappa shape index (κ1) is 34.3. The van der Waals surface area contributed by atoms with Gasteiger partial charge in [-0.1, -0.05) is 133 Å². The van der Waals surface area contributed by atoms with Crippen molar-refractivity contribution in [3.05, 3.63) is 185 Å². The van der Waals surface area contributed by atoms with E-state index in [4.69, 9.17) is 34.8 Å². The van der Waals surface area contributed by atoms with Gasteiger partial charge in [0.15, 0.2) is 17.6 Å². The summed E-state index contributed by atoms with van der Waals surface area (Å²) in [5.41, 5.74) is 5.98. The van der Waals surface area contributed by atoms with Crippen molar-refractivity contribution in [2.24, 2.45) is 0 Å². The highest BCUT2D eigenvalue weighted by Gasteiger charge is 2.35. The van der Waals surface area contributed by atoms with Crippen LogP contribution < -0.4 is 23.7 Å². The molecule has 1 aliphatic heterocycles. The molecule has 6 aromatic rings. The molecule has 0 bridgehead atoms. The van der Waals surface area contributed by atoms with Crippen molar-refractivity contribution in [3.63, 3.8) is 0 Å². The highest BCUT2D eigenvalue weighted by Crippen LogP contribution is 2.45. The molecule has 0 aromatic heterocycles. The second-order valence-electron chi connectivity index (χ2n) is 12.5. The van der Waals surface area contributed by atoms with Crippen LogP contribution in [0.15, 0.2) is 152 Å². The molecule has 6 aromatic carbocycles. The number of rotatable bonds is 15. The summed E-state index contributed by atoms with van der Waals surface area (Å²) in [5, 5.41) is 0. The minimum Gasteiger partial charge on any atom is -0.489 e. The second kappa shape index (κ2) is 17.2. The lowest BCUT2D eigenvalue weighted by Crippen LogP contribution is -2.33. The maximum absolute atomic E-state index is 6.85. The number of ether oxygens (including phenoxy) is 6. The van der Waals surface area contributed by atoms with Crippen LogP contribution in [0.5, 0.6) is 28.7 Å². The third-order valence-electron chi connectivity index (χ3n) is 8.78. The third kappa shape index (κ3) is 8.95. The van der Waals surface area contributed by atoms with E-state index in [9.17, 15) is 0 Å². The molecule has 7 rings (SSSR count). The third-order valence-corrected chi connectivity index (χ3v) is 8.78. The molecule has 0 unspecified atom stereocenters. The van der Waals surface area contributed by atoms with Gasteiger partial charge in [0, 0.05) is 24.1 Å². The van der Waals surface area contributed by atoms with Gasteiger partial charge in [-0.05, 0) is 39.9 Å². The molecule has 52 heavy (non-hydrogen) atoms. The molecule has 0 aliphatic carbocycles. The quantitative estimate of drug-likeness (QED) is 0.100. The normalized spacial score (nSPS) is 14.7. The van der Waals surface area contributed by atoms with Gasteiger partial charge in [-0.2, -0.15) is 0 Å². The predicted molar refractivity (Wildman–Crippen MR) is 202 cm³/mol. The van der Waals surface area contributed by atoms with Crippen molar-refractivity contribution < 1.29 is 28.4 Å². The average molecular weight is 689 g/mol. The zero-order chi connectivity index (χ0) is 35.4. The largest absolute Gasteiger partial charge is 0.489 e. The first-order valence-electron chi connectivity index (χ1n) is 17.4. The van der Waals surface area contributed by atoms with Crippen LogP contribution in [0.2, 0.25) is 0 Å². The van der Waals surface area contributed by atoms with E-state index in [0.717, 1.165) is 33.4 Å². The molecule has 0 saturated carbocycles. The Kier molecular flexibility index (Phi) is 11.3. The minimum atomic E-state index is -0.505. The van der Waals surface area contributed by atoms with Crippen molar-refractivity contribution in [1.29, 1.82) is 0 Å². The Bertz CT molecular complexity index is 2060. The van der Waals surface area contributed by atoms with Crippen molar-refractivity contribution in [3.8, 4) is 41.1 Å². The zero-order valence-electron chi connectivity index (χ0n) is 28.9. The average Bonchev–Trinajstić information content (AvgIpc) is 3.21. The van der Waals surface area contributed by atoms with Gasteiger partial charge in [-0.3, -0.25) is 0 Å². The van der Waals surface area contributed by atoms with Gasteiger partial charge < -0.3 is 28.4 Å². The van der Waals surface area contributed by atoms with E-state index in [1.54, 1.807) is 0 Å². The first-order chi connectivity index (χ1) is 25.7. The summed E-state index contributed by atoms with van der Waals surface area (Å²) in [7, 11) is 0. The second-order valence-corrected chi connectivity index (χ2v) is 12.5. The maximum atomic E-state index is 6.85. The Labute approximate surface area is 305 Å². The zero-order valence-corrected chi connectivity index (χ0v) is 28.9. The fourth-order valence-electron chi connectivity index (χ4n) is 6.10. The molecule has 6 heteroatoms. The molecule has 0 spiro atoms. The Morgan fingerprint density at radius 3 is 1.58 bits per heavy atom. The highest BCUT2D eigenvalue weighted by atomic mass is 16.5. The van der Waals surface area contributed by atoms with Crippen LogP contribution in [0, 0.1) is 12.3 Å². The molecule has 1 aliphatic rings. The van der Waals surface area contributed by atoms with E-state index >= 15 is 0 Å². The van der Waals surface area contributed by atoms with Crippen LogP contribution in [0.1, 0.15) is 39.5 Å². The summed E-state index contributed by atoms with van der Waals surface area (Å²) >= 11 is 0. The van der Waals surface area contributed by atoms with E-state index in [-0.39, 0.29) is 6.61 Å². The van der Waals surface area contributed by atoms with Gasteiger partial charge >= 0.3 is 0 Å². The van der Waals surface area contributed by atoms with Crippen LogP contribution >= 0.6 is 0 Å². The lowest BCUT2D eigenvalue weighted by molar-refractivity contribution is -0.0254. The summed E-state index contributed by atoms with van der Waals surface area (Å²) in [5.74, 6) is 5.85. The van der Waals surface area contributed by atoms with Crippen LogP contribution in [0.3, 0.4) is 0 Å². The molecular formula is C46H40O6. The Hall–Kier alpha value is -6.16. The summed E-state index contributed by atoms with van der Waals surface area (Å²) in [6.45, 7) is 1.71. The summed E-state index contributed by atoms with van der Waals surface area (Å²) in [4.78, 5) is 0. The molecule has 2 atom stereocenters. The summed E-state index contributed by atoms with van der Waals surface area (Å²) in [6, 6.07) is 50.0. The molecular weight excluding hydrogens is 649 g/mol. The molecule has 0 fully saturated rings. The fraction of sp³-hybridized carbons (Fsp3) is 0.174. The molecule has 260 valence electrons. The SMILES string of the molecule is C#CCO[C@@H]1Cc2c(OCc3ccccc3)cc(OCc3ccccc3)cc2O[C@@H]1c1ccc(OCc2ccccc2)c(OCc2ccccc2)c1. The van der Waals surface area contributed by atoms with E-state index in [2.05, 4.69) is 5.92 Å². The minimum absolute atomic E-state index is 0.133. The van der Waals surface area contributed by atoms with E-state index in [0.29, 0.717) is 61.6 Å². The van der Waals surface area contributed by atoms with E-state index in [1.165, 1.54) is 0 Å². The van der Waals surface area contributed by atoms with Crippen molar-refractivity contribution >= 4 is 0 Å². The van der Waals surface area contributed by atoms with Gasteiger partial charge in [0.25, 0.3) is 0 Å². The Balaban J connectivity index is 1.21. The Morgan fingerprint density at radius 2 is 1.04 bits per heavy atom. The summed E-state index contributed by atoms with van der Waals surface area (Å²) in [6.07, 6.45) is 5.29. The monoisotopic (exact) mass is 688 g/mol. The van der Waals surface area contributed by atoms with Crippen LogP contribution in [-0.4, -0.2) is 12.7 Å². The van der Waals surface area contributed by atoms with Gasteiger partial charge in [-0.25, -0.2) is 0 Å². The number of benzene rings is 6. The number of fused-ring (bicyclic) bond motifs is 1. The molecule has 1 heterocycles. The molecule has 0 N–H and O–H groups in total. The molecule has 6 nitrogen and oxygen atoms in total. The van der Waals surface area contributed by atoms with Gasteiger partial charge in [0.05, 0.1) is 0 Å². The number of hydrogen-bond acceptors (Lipinski definition) is 6. The van der Waals surface area contributed by atoms with Crippen LogP contribution in [0.25, 0.3) is 0 Å². The molecule has 0 radical (unpaired) electrons. The van der Waals surface area contributed by atoms with Crippen LogP contribution in [0.4, 0.5) is 0 Å². The lowest BCUT2D eigenvalue weighted by atomic mass is 9.93. The van der Waals surface area contributed by atoms with Gasteiger partial charge in [-0.15, -0.1) is 6.42 Å².